The summed E-state index contributed by atoms with van der Waals surface area (Å²) in [6.45, 7) is 1.92. The van der Waals surface area contributed by atoms with Crippen LogP contribution in [0.25, 0.3) is 11.5 Å². The first kappa shape index (κ1) is 11.8. The van der Waals surface area contributed by atoms with Gasteiger partial charge in [-0.2, -0.15) is 0 Å². The molecule has 0 spiro atoms. The van der Waals surface area contributed by atoms with Gasteiger partial charge in [0.25, 0.3) is 5.89 Å². The van der Waals surface area contributed by atoms with E-state index in [2.05, 4.69) is 10.2 Å². The standard InChI is InChI=1S/C12H15N3O2/c1-2-8-12(13,16)11-15-14-10(17-11)9-6-4-3-5-7-9/h3-7,16H,2,8,13H2,1H3/t12-/m0/s1. The van der Waals surface area contributed by atoms with Crippen molar-refractivity contribution >= 4 is 0 Å². The molecular formula is C12H15N3O2. The molecule has 0 saturated carbocycles. The molecule has 0 radical (unpaired) electrons. The number of nitrogens with zero attached hydrogens (tertiary/aromatic N) is 2. The molecule has 1 aromatic carbocycles. The smallest absolute Gasteiger partial charge is 0.263 e. The zero-order valence-electron chi connectivity index (χ0n) is 9.63. The van der Waals surface area contributed by atoms with Crippen molar-refractivity contribution in [3.63, 3.8) is 0 Å². The van der Waals surface area contributed by atoms with Crippen LogP contribution >= 0.6 is 0 Å². The third-order valence-corrected chi connectivity index (χ3v) is 2.45. The zero-order valence-corrected chi connectivity index (χ0v) is 9.63. The molecule has 2 aromatic rings. The minimum absolute atomic E-state index is 0.0539. The van der Waals surface area contributed by atoms with Crippen LogP contribution < -0.4 is 5.73 Å². The first-order valence-corrected chi connectivity index (χ1v) is 5.54. The van der Waals surface area contributed by atoms with Crippen molar-refractivity contribution in [1.82, 2.24) is 10.2 Å². The molecule has 0 unspecified atom stereocenters. The van der Waals surface area contributed by atoms with Gasteiger partial charge in [-0.3, -0.25) is 5.73 Å². The summed E-state index contributed by atoms with van der Waals surface area (Å²) < 4.78 is 5.39. The van der Waals surface area contributed by atoms with Gasteiger partial charge >= 0.3 is 0 Å². The van der Waals surface area contributed by atoms with E-state index in [1.165, 1.54) is 0 Å². The first-order valence-electron chi connectivity index (χ1n) is 5.54. The average molecular weight is 233 g/mol. The van der Waals surface area contributed by atoms with Gasteiger partial charge in [-0.05, 0) is 18.6 Å². The maximum atomic E-state index is 9.93. The molecular weight excluding hydrogens is 218 g/mol. The van der Waals surface area contributed by atoms with Gasteiger partial charge in [-0.25, -0.2) is 0 Å². The number of hydrogen-bond acceptors (Lipinski definition) is 5. The van der Waals surface area contributed by atoms with Crippen LogP contribution in [-0.4, -0.2) is 15.3 Å². The van der Waals surface area contributed by atoms with Crippen LogP contribution in [0.1, 0.15) is 25.7 Å². The fraction of sp³-hybridized carbons (Fsp3) is 0.333. The first-order chi connectivity index (χ1) is 8.13. The van der Waals surface area contributed by atoms with E-state index >= 15 is 0 Å². The third-order valence-electron chi connectivity index (χ3n) is 2.45. The molecule has 0 aliphatic rings. The van der Waals surface area contributed by atoms with Crippen molar-refractivity contribution in [1.29, 1.82) is 0 Å². The van der Waals surface area contributed by atoms with Gasteiger partial charge in [0.1, 0.15) is 0 Å². The Morgan fingerprint density at radius 1 is 1.29 bits per heavy atom. The van der Waals surface area contributed by atoms with Crippen LogP contribution in [0.15, 0.2) is 34.7 Å². The predicted molar refractivity (Wildman–Crippen MR) is 62.7 cm³/mol. The summed E-state index contributed by atoms with van der Waals surface area (Å²) >= 11 is 0. The molecule has 0 saturated heterocycles. The Bertz CT molecular complexity index is 480. The Morgan fingerprint density at radius 2 is 2.00 bits per heavy atom. The molecule has 5 heteroatoms. The second kappa shape index (κ2) is 4.65. The summed E-state index contributed by atoms with van der Waals surface area (Å²) in [7, 11) is 0. The Labute approximate surface area is 99.3 Å². The Morgan fingerprint density at radius 3 is 2.65 bits per heavy atom. The van der Waals surface area contributed by atoms with Crippen LogP contribution in [0, 0.1) is 0 Å². The van der Waals surface area contributed by atoms with E-state index in [0.717, 1.165) is 12.0 Å². The van der Waals surface area contributed by atoms with Gasteiger partial charge in [0, 0.05) is 5.56 Å². The quantitative estimate of drug-likeness (QED) is 0.784. The lowest BCUT2D eigenvalue weighted by molar-refractivity contribution is 0.00674. The number of rotatable bonds is 4. The second-order valence-electron chi connectivity index (χ2n) is 3.95. The van der Waals surface area contributed by atoms with E-state index in [1.807, 2.05) is 37.3 Å². The molecule has 1 heterocycles. The summed E-state index contributed by atoms with van der Waals surface area (Å²) in [6, 6.07) is 9.36. The summed E-state index contributed by atoms with van der Waals surface area (Å²) in [5.41, 5.74) is 4.96. The minimum Gasteiger partial charge on any atom is -0.416 e. The highest BCUT2D eigenvalue weighted by molar-refractivity contribution is 5.51. The van der Waals surface area contributed by atoms with Crippen molar-refractivity contribution in [2.75, 3.05) is 0 Å². The van der Waals surface area contributed by atoms with Crippen LogP contribution in [0.5, 0.6) is 0 Å². The molecule has 1 aromatic heterocycles. The fourth-order valence-corrected chi connectivity index (χ4v) is 1.58. The van der Waals surface area contributed by atoms with Crippen LogP contribution in [0.2, 0.25) is 0 Å². The molecule has 1 atom stereocenters. The van der Waals surface area contributed by atoms with Crippen LogP contribution in [0.4, 0.5) is 0 Å². The number of aromatic nitrogens is 2. The van der Waals surface area contributed by atoms with Gasteiger partial charge in [-0.15, -0.1) is 10.2 Å². The Hall–Kier alpha value is -1.72. The van der Waals surface area contributed by atoms with Crippen molar-refractivity contribution in [3.8, 4) is 11.5 Å². The molecule has 90 valence electrons. The van der Waals surface area contributed by atoms with E-state index in [0.29, 0.717) is 12.3 Å². The zero-order chi connectivity index (χ0) is 12.3. The maximum absolute atomic E-state index is 9.93. The number of hydrogen-bond donors (Lipinski definition) is 2. The van der Waals surface area contributed by atoms with Crippen molar-refractivity contribution in [3.05, 3.63) is 36.2 Å². The van der Waals surface area contributed by atoms with E-state index in [4.69, 9.17) is 10.2 Å². The third kappa shape index (κ3) is 2.51. The number of benzene rings is 1. The predicted octanol–water partition coefficient (Wildman–Crippen LogP) is 1.64. The molecule has 17 heavy (non-hydrogen) atoms. The van der Waals surface area contributed by atoms with E-state index in [1.54, 1.807) is 0 Å². The fourth-order valence-electron chi connectivity index (χ4n) is 1.58. The number of nitrogens with two attached hydrogens (primary N) is 1. The van der Waals surface area contributed by atoms with Gasteiger partial charge in [-0.1, -0.05) is 31.5 Å². The summed E-state index contributed by atoms with van der Waals surface area (Å²) in [5.74, 6) is 0.416. The minimum atomic E-state index is -1.55. The molecule has 0 aliphatic carbocycles. The normalized spacial score (nSPS) is 14.5. The highest BCUT2D eigenvalue weighted by Gasteiger charge is 2.29. The molecule has 5 nitrogen and oxygen atoms in total. The van der Waals surface area contributed by atoms with Crippen molar-refractivity contribution in [2.24, 2.45) is 5.73 Å². The van der Waals surface area contributed by atoms with E-state index in [9.17, 15) is 5.11 Å². The molecule has 0 fully saturated rings. The molecule has 2 rings (SSSR count). The van der Waals surface area contributed by atoms with Gasteiger partial charge in [0.15, 0.2) is 5.72 Å². The van der Waals surface area contributed by atoms with Gasteiger partial charge in [0.05, 0.1) is 0 Å². The Balaban J connectivity index is 2.28. The molecule has 3 N–H and O–H groups in total. The van der Waals surface area contributed by atoms with Crippen molar-refractivity contribution < 1.29 is 9.52 Å². The largest absolute Gasteiger partial charge is 0.416 e. The summed E-state index contributed by atoms with van der Waals surface area (Å²) in [5, 5.41) is 17.6. The summed E-state index contributed by atoms with van der Waals surface area (Å²) in [6.07, 6.45) is 1.11. The highest BCUT2D eigenvalue weighted by atomic mass is 16.4. The van der Waals surface area contributed by atoms with Crippen LogP contribution in [0.3, 0.4) is 0 Å². The second-order valence-corrected chi connectivity index (χ2v) is 3.95. The highest BCUT2D eigenvalue weighted by Crippen LogP contribution is 2.23. The lowest BCUT2D eigenvalue weighted by atomic mass is 10.1. The average Bonchev–Trinajstić information content (AvgIpc) is 2.80. The number of aliphatic hydroxyl groups is 1. The van der Waals surface area contributed by atoms with Crippen molar-refractivity contribution in [2.45, 2.75) is 25.5 Å². The van der Waals surface area contributed by atoms with Gasteiger partial charge < -0.3 is 9.52 Å². The Kier molecular flexibility index (Phi) is 3.21. The van der Waals surface area contributed by atoms with Gasteiger partial charge in [0.2, 0.25) is 5.89 Å². The SMILES string of the molecule is CCC[C@](N)(O)c1nnc(-c2ccccc2)o1. The lowest BCUT2D eigenvalue weighted by Gasteiger charge is -2.16. The van der Waals surface area contributed by atoms with E-state index < -0.39 is 5.72 Å². The molecule has 0 amide bonds. The van der Waals surface area contributed by atoms with Crippen LogP contribution in [-0.2, 0) is 5.72 Å². The topological polar surface area (TPSA) is 85.2 Å². The molecule has 0 aliphatic heterocycles. The molecule has 0 bridgehead atoms. The lowest BCUT2D eigenvalue weighted by Crippen LogP contribution is -2.36. The monoisotopic (exact) mass is 233 g/mol. The summed E-state index contributed by atoms with van der Waals surface area (Å²) in [4.78, 5) is 0. The maximum Gasteiger partial charge on any atom is 0.263 e. The van der Waals surface area contributed by atoms with E-state index in [-0.39, 0.29) is 5.89 Å².